The number of halogens is 1. The van der Waals surface area contributed by atoms with Crippen molar-refractivity contribution >= 4 is 5.57 Å². The van der Waals surface area contributed by atoms with Crippen molar-refractivity contribution in [3.8, 4) is 0 Å². The molecule has 0 amide bonds. The summed E-state index contributed by atoms with van der Waals surface area (Å²) in [5, 5.41) is 3.65. The van der Waals surface area contributed by atoms with Gasteiger partial charge >= 0.3 is 0 Å². The van der Waals surface area contributed by atoms with Crippen LogP contribution in [0.5, 0.6) is 0 Å². The Labute approximate surface area is 145 Å². The zero-order chi connectivity index (χ0) is 16.7. The van der Waals surface area contributed by atoms with E-state index < -0.39 is 0 Å². The third kappa shape index (κ3) is 3.29. The maximum atomic E-state index is 13.3. The first-order valence-corrected chi connectivity index (χ1v) is 9.44. The van der Waals surface area contributed by atoms with Gasteiger partial charge in [0, 0.05) is 31.7 Å². The molecule has 1 N–H and O–H groups in total. The highest BCUT2D eigenvalue weighted by Crippen LogP contribution is 2.43. The van der Waals surface area contributed by atoms with E-state index in [2.05, 4.69) is 24.1 Å². The molecule has 2 nitrogen and oxygen atoms in total. The van der Waals surface area contributed by atoms with Gasteiger partial charge in [-0.05, 0) is 60.8 Å². The molecule has 4 aliphatic rings. The van der Waals surface area contributed by atoms with E-state index >= 15 is 0 Å². The largest absolute Gasteiger partial charge is 0.311 e. The molecule has 1 aromatic carbocycles. The third-order valence-corrected chi connectivity index (χ3v) is 6.23. The molecule has 0 radical (unpaired) electrons. The molecule has 2 unspecified atom stereocenters. The van der Waals surface area contributed by atoms with E-state index in [9.17, 15) is 4.39 Å². The molecule has 5 rings (SSSR count). The van der Waals surface area contributed by atoms with E-state index in [0.29, 0.717) is 17.5 Å². The van der Waals surface area contributed by atoms with Crippen molar-refractivity contribution in [3.63, 3.8) is 0 Å². The Morgan fingerprint density at radius 1 is 1.21 bits per heavy atom. The van der Waals surface area contributed by atoms with E-state index in [-0.39, 0.29) is 5.82 Å². The van der Waals surface area contributed by atoms with Crippen molar-refractivity contribution in [3.05, 3.63) is 41.2 Å². The van der Waals surface area contributed by atoms with Gasteiger partial charge in [0.1, 0.15) is 5.82 Å². The van der Waals surface area contributed by atoms with E-state index in [1.807, 2.05) is 12.1 Å². The molecule has 24 heavy (non-hydrogen) atoms. The van der Waals surface area contributed by atoms with Crippen molar-refractivity contribution in [1.82, 2.24) is 10.2 Å². The van der Waals surface area contributed by atoms with E-state index in [0.717, 1.165) is 19.5 Å². The van der Waals surface area contributed by atoms with Gasteiger partial charge in [-0.2, -0.15) is 0 Å². The van der Waals surface area contributed by atoms with Crippen LogP contribution in [0.25, 0.3) is 5.57 Å². The van der Waals surface area contributed by atoms with Crippen LogP contribution in [-0.2, 0) is 0 Å². The van der Waals surface area contributed by atoms with Crippen LogP contribution in [0.1, 0.15) is 51.5 Å². The summed E-state index contributed by atoms with van der Waals surface area (Å²) in [5.41, 5.74) is 4.63. The molecule has 3 aliphatic heterocycles. The molecule has 2 atom stereocenters. The highest BCUT2D eigenvalue weighted by Gasteiger charge is 2.35. The number of fused-ring (bicyclic) bond motifs is 3. The fourth-order valence-electron chi connectivity index (χ4n) is 4.70. The first-order chi connectivity index (χ1) is 11.5. The zero-order valence-electron chi connectivity index (χ0n) is 14.9. The summed E-state index contributed by atoms with van der Waals surface area (Å²) in [6.07, 6.45) is 6.21. The summed E-state index contributed by atoms with van der Waals surface area (Å²) >= 11 is 0. The lowest BCUT2D eigenvalue weighted by Gasteiger charge is -2.47. The molecule has 130 valence electrons. The average Bonchev–Trinajstić information content (AvgIpc) is 2.58. The smallest absolute Gasteiger partial charge is 0.123 e. The molecule has 3 saturated heterocycles. The lowest BCUT2D eigenvalue weighted by molar-refractivity contribution is 0.0827. The number of allylic oxidation sites excluding steroid dienone is 1. The number of piperidine rings is 2. The zero-order valence-corrected chi connectivity index (χ0v) is 14.9. The first kappa shape index (κ1) is 16.3. The fourth-order valence-corrected chi connectivity index (χ4v) is 4.70. The Morgan fingerprint density at radius 2 is 2.00 bits per heavy atom. The van der Waals surface area contributed by atoms with Crippen LogP contribution in [0.2, 0.25) is 0 Å². The number of nitrogens with one attached hydrogen (secondary N) is 1. The van der Waals surface area contributed by atoms with Gasteiger partial charge in [0.05, 0.1) is 0 Å². The standard InChI is InChI=1S/C21H29FN2/c1-21(2)10-9-16(13-24-14-18-7-8-19(24)12-23-18)20(11-21)15-3-5-17(22)6-4-15/h3-6,18-19,23H,7-14H2,1-2H3. The Bertz CT molecular complexity index is 624. The number of hydrogen-bond acceptors (Lipinski definition) is 2. The Balaban J connectivity index is 1.62. The maximum absolute atomic E-state index is 13.3. The molecule has 3 fully saturated rings. The first-order valence-electron chi connectivity index (χ1n) is 9.44. The number of hydrogen-bond donors (Lipinski definition) is 1. The average molecular weight is 328 g/mol. The Morgan fingerprint density at radius 3 is 2.62 bits per heavy atom. The van der Waals surface area contributed by atoms with Crippen molar-refractivity contribution in [2.45, 2.75) is 58.0 Å². The molecular weight excluding hydrogens is 299 g/mol. The van der Waals surface area contributed by atoms with Crippen LogP contribution >= 0.6 is 0 Å². The summed E-state index contributed by atoms with van der Waals surface area (Å²) in [6.45, 7) is 8.16. The maximum Gasteiger partial charge on any atom is 0.123 e. The summed E-state index contributed by atoms with van der Waals surface area (Å²) in [6, 6.07) is 8.53. The van der Waals surface area contributed by atoms with Crippen molar-refractivity contribution in [1.29, 1.82) is 0 Å². The second-order valence-corrected chi connectivity index (χ2v) is 8.70. The Hall–Kier alpha value is -1.19. The van der Waals surface area contributed by atoms with Crippen molar-refractivity contribution in [2.75, 3.05) is 19.6 Å². The van der Waals surface area contributed by atoms with E-state index in [1.165, 1.54) is 43.4 Å². The molecule has 0 spiro atoms. The predicted octanol–water partition coefficient (Wildman–Crippen LogP) is 4.23. The second-order valence-electron chi connectivity index (χ2n) is 8.70. The SMILES string of the molecule is CC1(C)CCC(CN2CC3CCC2CN3)=C(c2ccc(F)cc2)C1. The molecular formula is C21H29FN2. The molecule has 3 heterocycles. The van der Waals surface area contributed by atoms with Crippen LogP contribution in [-0.4, -0.2) is 36.6 Å². The number of piperazine rings is 1. The molecule has 0 aromatic heterocycles. The molecule has 1 aromatic rings. The van der Waals surface area contributed by atoms with Crippen LogP contribution in [0, 0.1) is 11.2 Å². The highest BCUT2D eigenvalue weighted by atomic mass is 19.1. The topological polar surface area (TPSA) is 15.3 Å². The molecule has 3 heteroatoms. The number of nitrogens with zero attached hydrogens (tertiary/aromatic N) is 1. The second kappa shape index (κ2) is 6.27. The lowest BCUT2D eigenvalue weighted by atomic mass is 9.72. The van der Waals surface area contributed by atoms with Crippen molar-refractivity contribution in [2.24, 2.45) is 5.41 Å². The normalized spacial score (nSPS) is 30.0. The van der Waals surface area contributed by atoms with Gasteiger partial charge in [0.2, 0.25) is 0 Å². The minimum Gasteiger partial charge on any atom is -0.311 e. The van der Waals surface area contributed by atoms with E-state index in [4.69, 9.17) is 0 Å². The number of benzene rings is 1. The lowest BCUT2D eigenvalue weighted by Crippen LogP contribution is -2.61. The summed E-state index contributed by atoms with van der Waals surface area (Å²) in [4.78, 5) is 2.70. The van der Waals surface area contributed by atoms with Crippen LogP contribution in [0.4, 0.5) is 4.39 Å². The van der Waals surface area contributed by atoms with Gasteiger partial charge in [0.25, 0.3) is 0 Å². The monoisotopic (exact) mass is 328 g/mol. The minimum absolute atomic E-state index is 0.143. The van der Waals surface area contributed by atoms with Gasteiger partial charge in [-0.25, -0.2) is 4.39 Å². The highest BCUT2D eigenvalue weighted by molar-refractivity contribution is 5.70. The van der Waals surface area contributed by atoms with Crippen LogP contribution < -0.4 is 5.32 Å². The van der Waals surface area contributed by atoms with Gasteiger partial charge in [-0.3, -0.25) is 4.90 Å². The summed E-state index contributed by atoms with van der Waals surface area (Å²) in [7, 11) is 0. The molecule has 1 aliphatic carbocycles. The molecule has 2 bridgehead atoms. The molecule has 0 saturated carbocycles. The van der Waals surface area contributed by atoms with Gasteiger partial charge in [0.15, 0.2) is 0 Å². The summed E-state index contributed by atoms with van der Waals surface area (Å²) < 4.78 is 13.3. The van der Waals surface area contributed by atoms with Gasteiger partial charge in [-0.1, -0.05) is 31.6 Å². The number of rotatable bonds is 3. The third-order valence-electron chi connectivity index (χ3n) is 6.23. The summed E-state index contributed by atoms with van der Waals surface area (Å²) in [5.74, 6) is -0.143. The van der Waals surface area contributed by atoms with Gasteiger partial charge < -0.3 is 5.32 Å². The minimum atomic E-state index is -0.143. The quantitative estimate of drug-likeness (QED) is 0.893. The predicted molar refractivity (Wildman–Crippen MR) is 97.3 cm³/mol. The van der Waals surface area contributed by atoms with Crippen LogP contribution in [0.15, 0.2) is 29.8 Å². The van der Waals surface area contributed by atoms with Gasteiger partial charge in [-0.15, -0.1) is 0 Å². The fraction of sp³-hybridized carbons (Fsp3) is 0.619. The van der Waals surface area contributed by atoms with Crippen LogP contribution in [0.3, 0.4) is 0 Å². The Kier molecular flexibility index (Phi) is 4.26. The van der Waals surface area contributed by atoms with Crippen molar-refractivity contribution < 1.29 is 4.39 Å². The van der Waals surface area contributed by atoms with E-state index in [1.54, 1.807) is 17.7 Å².